The maximum Gasteiger partial charge on any atom is 0.344 e. The van der Waals surface area contributed by atoms with Gasteiger partial charge in [0.2, 0.25) is 0 Å². The Kier molecular flexibility index (Phi) is 6.44. The van der Waals surface area contributed by atoms with Crippen molar-refractivity contribution in [3.63, 3.8) is 0 Å². The summed E-state index contributed by atoms with van der Waals surface area (Å²) >= 11 is 6.13. The molecule has 7 heteroatoms. The molecule has 2 N–H and O–H groups in total. The van der Waals surface area contributed by atoms with Gasteiger partial charge in [0.25, 0.3) is 5.91 Å². The lowest BCUT2D eigenvalue weighted by atomic mass is 10.1. The Hall–Kier alpha value is -2.99. The molecule has 3 aromatic rings. The molecule has 0 aliphatic heterocycles. The first-order valence-electron chi connectivity index (χ1n) is 9.43. The summed E-state index contributed by atoms with van der Waals surface area (Å²) in [5, 5.41) is 1.24. The standard InChI is InChI=1S/C22H23ClN2O4/c1-3-16-21(22(24)27)20-17(25(16)12-14-7-5-8-15(23)11-14)9-6-10-18(20)29-13-19(26)28-4-2/h5-11H,3-4,12-13H2,1-2H3,(H2,24,27). The highest BCUT2D eigenvalue weighted by molar-refractivity contribution is 6.30. The zero-order valence-corrected chi connectivity index (χ0v) is 17.2. The molecule has 1 aromatic heterocycles. The molecule has 0 saturated carbocycles. The summed E-state index contributed by atoms with van der Waals surface area (Å²) in [7, 11) is 0. The fourth-order valence-corrected chi connectivity index (χ4v) is 3.72. The predicted molar refractivity (Wildman–Crippen MR) is 113 cm³/mol. The average molecular weight is 415 g/mol. The number of hydrogen-bond acceptors (Lipinski definition) is 4. The first kappa shape index (κ1) is 20.7. The Morgan fingerprint density at radius 3 is 2.55 bits per heavy atom. The Balaban J connectivity index is 2.13. The van der Waals surface area contributed by atoms with Crippen LogP contribution in [0.5, 0.6) is 5.75 Å². The van der Waals surface area contributed by atoms with Crippen molar-refractivity contribution in [3.8, 4) is 5.75 Å². The van der Waals surface area contributed by atoms with Gasteiger partial charge in [-0.1, -0.05) is 36.7 Å². The molecule has 0 radical (unpaired) electrons. The van der Waals surface area contributed by atoms with Gasteiger partial charge < -0.3 is 19.8 Å². The summed E-state index contributed by atoms with van der Waals surface area (Å²) < 4.78 is 12.7. The van der Waals surface area contributed by atoms with E-state index in [-0.39, 0.29) is 13.2 Å². The largest absolute Gasteiger partial charge is 0.481 e. The fraction of sp³-hybridized carbons (Fsp3) is 0.273. The number of aromatic nitrogens is 1. The monoisotopic (exact) mass is 414 g/mol. The van der Waals surface area contributed by atoms with E-state index in [0.717, 1.165) is 16.8 Å². The molecule has 3 rings (SSSR count). The summed E-state index contributed by atoms with van der Waals surface area (Å²) in [6, 6.07) is 13.0. The molecule has 29 heavy (non-hydrogen) atoms. The van der Waals surface area contributed by atoms with Crippen LogP contribution in [0.3, 0.4) is 0 Å². The van der Waals surface area contributed by atoms with Gasteiger partial charge in [-0.2, -0.15) is 0 Å². The van der Waals surface area contributed by atoms with Crippen LogP contribution in [0.15, 0.2) is 42.5 Å². The second-order valence-corrected chi connectivity index (χ2v) is 6.94. The van der Waals surface area contributed by atoms with Gasteiger partial charge in [-0.3, -0.25) is 4.79 Å². The number of hydrogen-bond donors (Lipinski definition) is 1. The molecule has 0 atom stereocenters. The molecule has 0 fully saturated rings. The highest BCUT2D eigenvalue weighted by Gasteiger charge is 2.23. The minimum Gasteiger partial charge on any atom is -0.481 e. The van der Waals surface area contributed by atoms with E-state index in [0.29, 0.717) is 34.7 Å². The minimum absolute atomic E-state index is 0.244. The van der Waals surface area contributed by atoms with Crippen molar-refractivity contribution in [1.82, 2.24) is 4.57 Å². The zero-order chi connectivity index (χ0) is 21.0. The van der Waals surface area contributed by atoms with Crippen LogP contribution in [-0.2, 0) is 22.5 Å². The number of rotatable bonds is 8. The number of ether oxygens (including phenoxy) is 2. The molecule has 152 valence electrons. The molecule has 0 unspecified atom stereocenters. The molecule has 6 nitrogen and oxygen atoms in total. The number of nitrogens with two attached hydrogens (primary N) is 1. The molecule has 1 heterocycles. The highest BCUT2D eigenvalue weighted by atomic mass is 35.5. The number of nitrogens with zero attached hydrogens (tertiary/aromatic N) is 1. The Bertz CT molecular complexity index is 1060. The quantitative estimate of drug-likeness (QED) is 0.566. The molecule has 2 aromatic carbocycles. The van der Waals surface area contributed by atoms with Crippen LogP contribution < -0.4 is 10.5 Å². The molecule has 0 saturated heterocycles. The van der Waals surface area contributed by atoms with Crippen molar-refractivity contribution in [2.75, 3.05) is 13.2 Å². The van der Waals surface area contributed by atoms with E-state index in [1.165, 1.54) is 0 Å². The van der Waals surface area contributed by atoms with Gasteiger partial charge in [0, 0.05) is 17.3 Å². The van der Waals surface area contributed by atoms with E-state index < -0.39 is 11.9 Å². The van der Waals surface area contributed by atoms with Gasteiger partial charge in [0.15, 0.2) is 6.61 Å². The maximum absolute atomic E-state index is 12.3. The van der Waals surface area contributed by atoms with Crippen LogP contribution in [0.25, 0.3) is 10.9 Å². The number of amides is 1. The molecule has 0 aliphatic rings. The number of halogens is 1. The van der Waals surface area contributed by atoms with Crippen LogP contribution in [0.4, 0.5) is 0 Å². The van der Waals surface area contributed by atoms with Crippen molar-refractivity contribution in [3.05, 3.63) is 64.3 Å². The van der Waals surface area contributed by atoms with Crippen molar-refractivity contribution < 1.29 is 19.1 Å². The first-order chi connectivity index (χ1) is 14.0. The summed E-state index contributed by atoms with van der Waals surface area (Å²) in [6.07, 6.45) is 0.602. The maximum atomic E-state index is 12.3. The molecule has 0 spiro atoms. The molecular weight excluding hydrogens is 392 g/mol. The smallest absolute Gasteiger partial charge is 0.344 e. The van der Waals surface area contributed by atoms with Crippen LogP contribution in [0.1, 0.15) is 35.5 Å². The fourth-order valence-electron chi connectivity index (χ4n) is 3.51. The number of esters is 1. The SMILES string of the molecule is CCOC(=O)COc1cccc2c1c(C(N)=O)c(CC)n2Cc1cccc(Cl)c1. The normalized spacial score (nSPS) is 10.9. The Morgan fingerprint density at radius 2 is 1.90 bits per heavy atom. The van der Waals surface area contributed by atoms with Crippen LogP contribution >= 0.6 is 11.6 Å². The lowest BCUT2D eigenvalue weighted by Crippen LogP contribution is -2.16. The lowest BCUT2D eigenvalue weighted by molar-refractivity contribution is -0.145. The van der Waals surface area contributed by atoms with E-state index in [1.54, 1.807) is 13.0 Å². The molecule has 1 amide bonds. The third-order valence-corrected chi connectivity index (χ3v) is 4.86. The van der Waals surface area contributed by atoms with E-state index in [4.69, 9.17) is 26.8 Å². The second-order valence-electron chi connectivity index (χ2n) is 6.50. The third-order valence-electron chi connectivity index (χ3n) is 4.62. The average Bonchev–Trinajstić information content (AvgIpc) is 3.01. The van der Waals surface area contributed by atoms with Gasteiger partial charge >= 0.3 is 5.97 Å². The molecular formula is C22H23ClN2O4. The van der Waals surface area contributed by atoms with Gasteiger partial charge in [-0.05, 0) is 43.2 Å². The van der Waals surface area contributed by atoms with E-state index in [9.17, 15) is 9.59 Å². The van der Waals surface area contributed by atoms with Gasteiger partial charge in [0.05, 0.1) is 23.1 Å². The number of carbonyl (C=O) groups excluding carboxylic acids is 2. The summed E-state index contributed by atoms with van der Waals surface area (Å²) in [5.74, 6) is -0.591. The number of benzene rings is 2. The van der Waals surface area contributed by atoms with E-state index in [2.05, 4.69) is 0 Å². The van der Waals surface area contributed by atoms with Crippen molar-refractivity contribution >= 4 is 34.4 Å². The van der Waals surface area contributed by atoms with Crippen LogP contribution in [-0.4, -0.2) is 29.7 Å². The minimum atomic E-state index is -0.538. The topological polar surface area (TPSA) is 83.6 Å². The van der Waals surface area contributed by atoms with Crippen molar-refractivity contribution in [2.45, 2.75) is 26.8 Å². The number of fused-ring (bicyclic) bond motifs is 1. The summed E-state index contributed by atoms with van der Waals surface area (Å²) in [6.45, 7) is 4.25. The van der Waals surface area contributed by atoms with E-state index >= 15 is 0 Å². The highest BCUT2D eigenvalue weighted by Crippen LogP contribution is 2.35. The van der Waals surface area contributed by atoms with Crippen LogP contribution in [0.2, 0.25) is 5.02 Å². The van der Waals surface area contributed by atoms with Crippen molar-refractivity contribution in [2.24, 2.45) is 5.73 Å². The van der Waals surface area contributed by atoms with Gasteiger partial charge in [-0.25, -0.2) is 4.79 Å². The second kappa shape index (κ2) is 9.01. The third kappa shape index (κ3) is 4.38. The Morgan fingerprint density at radius 1 is 1.14 bits per heavy atom. The predicted octanol–water partition coefficient (Wildman–Crippen LogP) is 3.95. The van der Waals surface area contributed by atoms with Gasteiger partial charge in [0.1, 0.15) is 5.75 Å². The number of carbonyl (C=O) groups is 2. The number of primary amides is 1. The summed E-state index contributed by atoms with van der Waals surface area (Å²) in [4.78, 5) is 24.1. The van der Waals surface area contributed by atoms with E-state index in [1.807, 2.05) is 47.9 Å². The summed E-state index contributed by atoms with van der Waals surface area (Å²) in [5.41, 5.74) is 8.75. The van der Waals surface area contributed by atoms with Gasteiger partial charge in [-0.15, -0.1) is 0 Å². The van der Waals surface area contributed by atoms with Crippen molar-refractivity contribution in [1.29, 1.82) is 0 Å². The first-order valence-corrected chi connectivity index (χ1v) is 9.80. The van der Waals surface area contributed by atoms with Crippen LogP contribution in [0, 0.1) is 0 Å². The molecule has 0 bridgehead atoms. The Labute approximate surface area is 174 Å². The lowest BCUT2D eigenvalue weighted by Gasteiger charge is -2.11. The zero-order valence-electron chi connectivity index (χ0n) is 16.4. The molecule has 0 aliphatic carbocycles.